The fourth-order valence-corrected chi connectivity index (χ4v) is 2.25. The molecule has 0 unspecified atom stereocenters. The van der Waals surface area contributed by atoms with Gasteiger partial charge in [0.05, 0.1) is 6.54 Å². The fraction of sp³-hybridized carbons (Fsp3) is 0.118. The van der Waals surface area contributed by atoms with Crippen LogP contribution in [0.4, 0.5) is 10.5 Å². The van der Waals surface area contributed by atoms with Crippen molar-refractivity contribution in [1.82, 2.24) is 15.5 Å². The smallest absolute Gasteiger partial charge is 0.319 e. The number of amides is 2. The van der Waals surface area contributed by atoms with Crippen LogP contribution in [0.3, 0.4) is 0 Å². The number of hydrogen-bond acceptors (Lipinski definition) is 4. The summed E-state index contributed by atoms with van der Waals surface area (Å²) < 4.78 is 5.17. The van der Waals surface area contributed by atoms with Crippen molar-refractivity contribution < 1.29 is 9.32 Å². The van der Waals surface area contributed by atoms with Gasteiger partial charge in [-0.3, -0.25) is 0 Å². The number of halogens is 1. The topological polar surface area (TPSA) is 80.0 Å². The zero-order chi connectivity index (χ0) is 16.9. The molecule has 1 heterocycles. The molecule has 0 aliphatic heterocycles. The fourth-order valence-electron chi connectivity index (χ4n) is 2.12. The van der Waals surface area contributed by atoms with Gasteiger partial charge in [-0.05, 0) is 36.8 Å². The first-order chi connectivity index (χ1) is 11.6. The molecule has 0 fully saturated rings. The highest BCUT2D eigenvalue weighted by Crippen LogP contribution is 2.19. The van der Waals surface area contributed by atoms with E-state index in [2.05, 4.69) is 20.8 Å². The number of benzene rings is 2. The van der Waals surface area contributed by atoms with Gasteiger partial charge in [0.15, 0.2) is 0 Å². The summed E-state index contributed by atoms with van der Waals surface area (Å²) in [5.74, 6) is 0.836. The zero-order valence-electron chi connectivity index (χ0n) is 12.9. The van der Waals surface area contributed by atoms with Crippen LogP contribution in [0.15, 0.2) is 53.1 Å². The minimum atomic E-state index is -0.368. The van der Waals surface area contributed by atoms with Crippen LogP contribution in [-0.2, 0) is 6.54 Å². The molecule has 3 rings (SSSR count). The van der Waals surface area contributed by atoms with Crippen LogP contribution in [-0.4, -0.2) is 16.2 Å². The minimum Gasteiger partial charge on any atom is -0.337 e. The maximum absolute atomic E-state index is 11.9. The van der Waals surface area contributed by atoms with Crippen molar-refractivity contribution in [3.63, 3.8) is 0 Å². The molecule has 24 heavy (non-hydrogen) atoms. The van der Waals surface area contributed by atoms with Gasteiger partial charge in [0.2, 0.25) is 11.7 Å². The number of carbonyl (C=O) groups is 1. The molecule has 1 aromatic heterocycles. The third-order valence-corrected chi connectivity index (χ3v) is 3.61. The van der Waals surface area contributed by atoms with Crippen LogP contribution in [0.25, 0.3) is 11.4 Å². The molecule has 0 aliphatic carbocycles. The number of aromatic nitrogens is 2. The van der Waals surface area contributed by atoms with Gasteiger partial charge in [-0.15, -0.1) is 0 Å². The molecule has 3 aromatic rings. The third kappa shape index (κ3) is 3.91. The molecule has 0 spiro atoms. The first kappa shape index (κ1) is 16.0. The van der Waals surface area contributed by atoms with Crippen molar-refractivity contribution >= 4 is 23.3 Å². The molecule has 7 heteroatoms. The Bertz CT molecular complexity index is 846. The van der Waals surface area contributed by atoms with Crippen LogP contribution in [0.2, 0.25) is 5.02 Å². The molecule has 0 saturated carbocycles. The van der Waals surface area contributed by atoms with Gasteiger partial charge in [0.1, 0.15) is 0 Å². The Morgan fingerprint density at radius 2 is 1.92 bits per heavy atom. The molecule has 2 N–H and O–H groups in total. The third-order valence-electron chi connectivity index (χ3n) is 3.36. The molecular formula is C17H15ClN4O2. The van der Waals surface area contributed by atoms with Gasteiger partial charge in [0, 0.05) is 16.3 Å². The highest BCUT2D eigenvalue weighted by molar-refractivity contribution is 6.30. The Balaban J connectivity index is 1.58. The van der Waals surface area contributed by atoms with Crippen molar-refractivity contribution in [2.75, 3.05) is 5.32 Å². The Morgan fingerprint density at radius 1 is 1.17 bits per heavy atom. The Hall–Kier alpha value is -2.86. The second-order valence-corrected chi connectivity index (χ2v) is 5.58. The molecule has 122 valence electrons. The van der Waals surface area contributed by atoms with E-state index in [9.17, 15) is 4.79 Å². The number of aryl methyl sites for hydroxylation is 1. The van der Waals surface area contributed by atoms with E-state index in [0.29, 0.717) is 22.4 Å². The largest absolute Gasteiger partial charge is 0.337 e. The first-order valence-electron chi connectivity index (χ1n) is 7.31. The highest BCUT2D eigenvalue weighted by Gasteiger charge is 2.11. The predicted octanol–water partition coefficient (Wildman–Crippen LogP) is 4.02. The van der Waals surface area contributed by atoms with Crippen molar-refractivity contribution in [3.8, 4) is 11.4 Å². The van der Waals surface area contributed by atoms with Gasteiger partial charge in [-0.1, -0.05) is 41.0 Å². The lowest BCUT2D eigenvalue weighted by Gasteiger charge is -2.05. The molecule has 2 aromatic carbocycles. The molecule has 0 atom stereocenters. The minimum absolute atomic E-state index is 0.137. The summed E-state index contributed by atoms with van der Waals surface area (Å²) in [5, 5.41) is 9.90. The number of carbonyl (C=O) groups excluding carboxylic acids is 1. The number of rotatable bonds is 4. The van der Waals surface area contributed by atoms with E-state index in [1.807, 2.05) is 31.2 Å². The second kappa shape index (κ2) is 7.14. The SMILES string of the molecule is Cc1ccccc1-c1noc(CNC(=O)Nc2ccc(Cl)cc2)n1. The zero-order valence-corrected chi connectivity index (χ0v) is 13.7. The lowest BCUT2D eigenvalue weighted by Crippen LogP contribution is -2.28. The molecule has 0 radical (unpaired) electrons. The van der Waals surface area contributed by atoms with E-state index in [-0.39, 0.29) is 12.6 Å². The highest BCUT2D eigenvalue weighted by atomic mass is 35.5. The van der Waals surface area contributed by atoms with Crippen molar-refractivity contribution in [2.45, 2.75) is 13.5 Å². The van der Waals surface area contributed by atoms with Gasteiger partial charge < -0.3 is 15.2 Å². The normalized spacial score (nSPS) is 10.4. The molecule has 6 nitrogen and oxygen atoms in total. The van der Waals surface area contributed by atoms with Gasteiger partial charge in [-0.2, -0.15) is 4.98 Å². The Kier molecular flexibility index (Phi) is 4.77. The van der Waals surface area contributed by atoms with Crippen molar-refractivity contribution in [1.29, 1.82) is 0 Å². The molecular weight excluding hydrogens is 328 g/mol. The summed E-state index contributed by atoms with van der Waals surface area (Å²) in [6.07, 6.45) is 0. The summed E-state index contributed by atoms with van der Waals surface area (Å²) in [5.41, 5.74) is 2.60. The van der Waals surface area contributed by atoms with E-state index in [1.165, 1.54) is 0 Å². The molecule has 0 saturated heterocycles. The standard InChI is InChI=1S/C17H15ClN4O2/c1-11-4-2-3-5-14(11)16-21-15(24-22-16)10-19-17(23)20-13-8-6-12(18)7-9-13/h2-9H,10H2,1H3,(H2,19,20,23). The van der Waals surface area contributed by atoms with Crippen molar-refractivity contribution in [3.05, 3.63) is 65.0 Å². The summed E-state index contributed by atoms with van der Waals surface area (Å²) in [4.78, 5) is 16.2. The molecule has 0 bridgehead atoms. The van der Waals surface area contributed by atoms with Crippen LogP contribution in [0.5, 0.6) is 0 Å². The van der Waals surface area contributed by atoms with Gasteiger partial charge in [-0.25, -0.2) is 4.79 Å². The lowest BCUT2D eigenvalue weighted by molar-refractivity contribution is 0.249. The maximum atomic E-state index is 11.9. The van der Waals surface area contributed by atoms with Gasteiger partial charge in [0.25, 0.3) is 0 Å². The quantitative estimate of drug-likeness (QED) is 0.750. The number of urea groups is 1. The van der Waals surface area contributed by atoms with E-state index in [1.54, 1.807) is 24.3 Å². The average Bonchev–Trinajstić information content (AvgIpc) is 3.04. The van der Waals surface area contributed by atoms with Crippen LogP contribution in [0, 0.1) is 6.92 Å². The predicted molar refractivity (Wildman–Crippen MR) is 91.8 cm³/mol. The number of nitrogens with one attached hydrogen (secondary N) is 2. The molecule has 0 aliphatic rings. The van der Waals surface area contributed by atoms with E-state index in [0.717, 1.165) is 11.1 Å². The second-order valence-electron chi connectivity index (χ2n) is 5.14. The van der Waals surface area contributed by atoms with Crippen LogP contribution in [0.1, 0.15) is 11.5 Å². The number of hydrogen-bond donors (Lipinski definition) is 2. The Morgan fingerprint density at radius 3 is 2.67 bits per heavy atom. The summed E-state index contributed by atoms with van der Waals surface area (Å²) >= 11 is 5.80. The first-order valence-corrected chi connectivity index (χ1v) is 7.68. The summed E-state index contributed by atoms with van der Waals surface area (Å²) in [6.45, 7) is 2.11. The lowest BCUT2D eigenvalue weighted by atomic mass is 10.1. The van der Waals surface area contributed by atoms with E-state index in [4.69, 9.17) is 16.1 Å². The number of anilines is 1. The Labute approximate surface area is 143 Å². The average molecular weight is 343 g/mol. The van der Waals surface area contributed by atoms with Crippen LogP contribution < -0.4 is 10.6 Å². The van der Waals surface area contributed by atoms with E-state index >= 15 is 0 Å². The van der Waals surface area contributed by atoms with Crippen molar-refractivity contribution in [2.24, 2.45) is 0 Å². The van der Waals surface area contributed by atoms with Gasteiger partial charge >= 0.3 is 6.03 Å². The summed E-state index contributed by atoms with van der Waals surface area (Å²) in [6, 6.07) is 14.2. The van der Waals surface area contributed by atoms with Crippen LogP contribution >= 0.6 is 11.6 Å². The summed E-state index contributed by atoms with van der Waals surface area (Å²) in [7, 11) is 0. The maximum Gasteiger partial charge on any atom is 0.319 e. The monoisotopic (exact) mass is 342 g/mol. The van der Waals surface area contributed by atoms with E-state index < -0.39 is 0 Å². The number of nitrogens with zero attached hydrogens (tertiary/aromatic N) is 2. The molecule has 2 amide bonds.